The molecule has 2 aromatic rings. The average molecular weight is 500 g/mol. The second-order valence-electron chi connectivity index (χ2n) is 8.76. The van der Waals surface area contributed by atoms with E-state index in [9.17, 15) is 25.3 Å². The van der Waals surface area contributed by atoms with Gasteiger partial charge in [0.1, 0.15) is 5.75 Å². The van der Waals surface area contributed by atoms with E-state index >= 15 is 0 Å². The third-order valence-electron chi connectivity index (χ3n) is 5.89. The molecule has 1 heterocycles. The molecule has 0 amide bonds. The molecule has 2 N–H and O–H groups in total. The summed E-state index contributed by atoms with van der Waals surface area (Å²) < 4.78 is 5.86. The Morgan fingerprint density at radius 2 is 1.86 bits per heavy atom. The lowest BCUT2D eigenvalue weighted by atomic mass is 10.1. The molecule has 1 saturated heterocycles. The largest absolute Gasteiger partial charge is 0.494 e. The van der Waals surface area contributed by atoms with Gasteiger partial charge in [-0.3, -0.25) is 30.1 Å². The fraction of sp³-hybridized carbons (Fsp3) is 0.480. The first-order valence-corrected chi connectivity index (χ1v) is 12.2. The molecule has 11 heteroatoms. The molecule has 0 radical (unpaired) electrons. The zero-order chi connectivity index (χ0) is 25.8. The Morgan fingerprint density at radius 1 is 1.11 bits per heavy atom. The highest BCUT2D eigenvalue weighted by atomic mass is 16.6. The van der Waals surface area contributed by atoms with Crippen LogP contribution in [0.15, 0.2) is 53.5 Å². The van der Waals surface area contributed by atoms with E-state index in [2.05, 4.69) is 27.3 Å². The van der Waals surface area contributed by atoms with Crippen molar-refractivity contribution < 1.29 is 19.7 Å². The van der Waals surface area contributed by atoms with Crippen LogP contribution < -0.4 is 10.1 Å². The molecule has 0 spiro atoms. The maximum Gasteiger partial charge on any atom is 0.269 e. The quantitative estimate of drug-likeness (QED) is 0.140. The van der Waals surface area contributed by atoms with Crippen LogP contribution in [0.5, 0.6) is 5.75 Å². The minimum atomic E-state index is -1.03. The molecule has 1 aliphatic heterocycles. The molecule has 1 unspecified atom stereocenters. The van der Waals surface area contributed by atoms with Crippen molar-refractivity contribution >= 4 is 11.5 Å². The van der Waals surface area contributed by atoms with Crippen LogP contribution in [0.3, 0.4) is 0 Å². The first-order chi connectivity index (χ1) is 17.4. The minimum absolute atomic E-state index is 0.0823. The molecule has 1 aliphatic rings. The van der Waals surface area contributed by atoms with Crippen molar-refractivity contribution in [2.45, 2.75) is 38.3 Å². The summed E-state index contributed by atoms with van der Waals surface area (Å²) in [5, 5.41) is 35.0. The zero-order valence-electron chi connectivity index (χ0n) is 20.3. The lowest BCUT2D eigenvalue weighted by Gasteiger charge is -2.26. The number of piperidine rings is 1. The minimum Gasteiger partial charge on any atom is -0.494 e. The van der Waals surface area contributed by atoms with Crippen molar-refractivity contribution in [1.29, 1.82) is 0 Å². The van der Waals surface area contributed by atoms with Crippen molar-refractivity contribution in [2.24, 2.45) is 4.99 Å². The zero-order valence-corrected chi connectivity index (χ0v) is 20.3. The number of rotatable bonds is 13. The molecular formula is C25H33N5O6. The van der Waals surface area contributed by atoms with Gasteiger partial charge in [0, 0.05) is 30.1 Å². The lowest BCUT2D eigenvalue weighted by Crippen LogP contribution is -2.32. The summed E-state index contributed by atoms with van der Waals surface area (Å²) in [6.07, 6.45) is 3.39. The maximum absolute atomic E-state index is 11.0. The Labute approximate surface area is 210 Å². The van der Waals surface area contributed by atoms with Crippen molar-refractivity contribution in [1.82, 2.24) is 10.2 Å². The molecule has 0 bridgehead atoms. The van der Waals surface area contributed by atoms with E-state index in [1.54, 1.807) is 0 Å². The Morgan fingerprint density at radius 3 is 2.56 bits per heavy atom. The number of likely N-dealkylation sites (tertiary alicyclic amines) is 1. The van der Waals surface area contributed by atoms with Gasteiger partial charge >= 0.3 is 0 Å². The van der Waals surface area contributed by atoms with Crippen LogP contribution >= 0.6 is 0 Å². The van der Waals surface area contributed by atoms with Gasteiger partial charge in [0.25, 0.3) is 12.2 Å². The number of nitro groups is 2. The van der Waals surface area contributed by atoms with Crippen molar-refractivity contribution in [3.63, 3.8) is 0 Å². The molecule has 0 saturated carbocycles. The van der Waals surface area contributed by atoms with E-state index in [0.717, 1.165) is 25.4 Å². The van der Waals surface area contributed by atoms with Crippen molar-refractivity contribution in [3.8, 4) is 5.75 Å². The number of aliphatic hydroxyl groups excluding tert-OH is 1. The highest BCUT2D eigenvalue weighted by molar-refractivity contribution is 5.83. The van der Waals surface area contributed by atoms with Crippen molar-refractivity contribution in [2.75, 3.05) is 39.3 Å². The molecule has 2 aromatic carbocycles. The van der Waals surface area contributed by atoms with Crippen LogP contribution in [0.25, 0.3) is 0 Å². The second-order valence-corrected chi connectivity index (χ2v) is 8.76. The van der Waals surface area contributed by atoms with E-state index in [1.807, 2.05) is 12.1 Å². The summed E-state index contributed by atoms with van der Waals surface area (Å²) in [5.74, 6) is 0.958. The number of benzene rings is 2. The lowest BCUT2D eigenvalue weighted by molar-refractivity contribution is -0.463. The van der Waals surface area contributed by atoms with E-state index in [1.165, 1.54) is 49.1 Å². The van der Waals surface area contributed by atoms with Gasteiger partial charge in [-0.05, 0) is 67.7 Å². The molecule has 0 aromatic heterocycles. The number of amidine groups is 1. The predicted molar refractivity (Wildman–Crippen MR) is 136 cm³/mol. The number of nitro benzene ring substituents is 1. The van der Waals surface area contributed by atoms with Crippen molar-refractivity contribution in [3.05, 3.63) is 79.9 Å². The van der Waals surface area contributed by atoms with Crippen LogP contribution in [-0.4, -0.2) is 65.0 Å². The first kappa shape index (κ1) is 27.0. The Bertz CT molecular complexity index is 1020. The second kappa shape index (κ2) is 14.1. The highest BCUT2D eigenvalue weighted by Gasteiger charge is 2.13. The highest BCUT2D eigenvalue weighted by Crippen LogP contribution is 2.19. The molecule has 1 fully saturated rings. The standard InChI is InChI=1S/C25H33N5O6/c31-24(21-8-10-22(11-9-21)30(34)35)17-27-25(19-29(32)33)26-12-5-15-36-23-7-4-6-20(16-23)18-28-13-2-1-3-14-28/h4,6-11,16,24,31H,1-3,5,12-15,17-19H2,(H,26,27). The summed E-state index contributed by atoms with van der Waals surface area (Å²) in [6, 6.07) is 13.5. The topological polar surface area (TPSA) is 143 Å². The number of ether oxygens (including phenoxy) is 1. The maximum atomic E-state index is 11.0. The van der Waals surface area contributed by atoms with Crippen LogP contribution in [0, 0.1) is 20.2 Å². The van der Waals surface area contributed by atoms with Gasteiger partial charge in [-0.25, -0.2) is 0 Å². The van der Waals surface area contributed by atoms with E-state index in [-0.39, 0.29) is 18.1 Å². The SMILES string of the molecule is O=[N+]([O-])CC(=NCC(O)c1ccc([N+](=O)[O-])cc1)NCCCOc1cccc(CN2CCCCC2)c1. The van der Waals surface area contributed by atoms with E-state index < -0.39 is 22.5 Å². The van der Waals surface area contributed by atoms with Gasteiger partial charge in [0.2, 0.25) is 0 Å². The van der Waals surface area contributed by atoms with Gasteiger partial charge in [-0.1, -0.05) is 18.6 Å². The fourth-order valence-corrected chi connectivity index (χ4v) is 4.01. The van der Waals surface area contributed by atoms with Gasteiger partial charge in [-0.2, -0.15) is 0 Å². The summed E-state index contributed by atoms with van der Waals surface area (Å²) in [7, 11) is 0. The average Bonchev–Trinajstić information content (AvgIpc) is 2.87. The number of nitrogens with zero attached hydrogens (tertiary/aromatic N) is 4. The Hall–Kier alpha value is -3.57. The Kier molecular flexibility index (Phi) is 10.6. The number of hydrogen-bond donors (Lipinski definition) is 2. The van der Waals surface area contributed by atoms with E-state index in [4.69, 9.17) is 4.74 Å². The van der Waals surface area contributed by atoms with Gasteiger partial charge in [0.05, 0.1) is 24.2 Å². The molecule has 194 valence electrons. The summed E-state index contributed by atoms with van der Waals surface area (Å²) in [5.41, 5.74) is 1.58. The third kappa shape index (κ3) is 9.23. The molecule has 1 atom stereocenters. The number of aliphatic hydroxyl groups is 1. The summed E-state index contributed by atoms with van der Waals surface area (Å²) in [6.45, 7) is 3.46. The smallest absolute Gasteiger partial charge is 0.269 e. The molecule has 3 rings (SSSR count). The monoisotopic (exact) mass is 499 g/mol. The molecule has 0 aliphatic carbocycles. The number of nitrogens with one attached hydrogen (secondary N) is 1. The van der Waals surface area contributed by atoms with Crippen LogP contribution in [0.2, 0.25) is 0 Å². The fourth-order valence-electron chi connectivity index (χ4n) is 4.01. The van der Waals surface area contributed by atoms with Gasteiger partial charge < -0.3 is 15.2 Å². The van der Waals surface area contributed by atoms with E-state index in [0.29, 0.717) is 25.1 Å². The Balaban J connectivity index is 1.43. The first-order valence-electron chi connectivity index (χ1n) is 12.2. The molecule has 36 heavy (non-hydrogen) atoms. The predicted octanol–water partition coefficient (Wildman–Crippen LogP) is 3.35. The number of aliphatic imine (C=N–C) groups is 1. The third-order valence-corrected chi connectivity index (χ3v) is 5.89. The van der Waals surface area contributed by atoms with Crippen LogP contribution in [-0.2, 0) is 6.54 Å². The summed E-state index contributed by atoms with van der Waals surface area (Å²) in [4.78, 5) is 27.4. The number of hydrogen-bond acceptors (Lipinski definition) is 8. The molecule has 11 nitrogen and oxygen atoms in total. The normalized spacial score (nSPS) is 15.3. The van der Waals surface area contributed by atoms with Gasteiger partial charge in [-0.15, -0.1) is 0 Å². The summed E-state index contributed by atoms with van der Waals surface area (Å²) >= 11 is 0. The van der Waals surface area contributed by atoms with Gasteiger partial charge in [0.15, 0.2) is 5.84 Å². The van der Waals surface area contributed by atoms with Crippen LogP contribution in [0.4, 0.5) is 5.69 Å². The number of non-ortho nitro benzene ring substituents is 1. The van der Waals surface area contributed by atoms with Crippen LogP contribution in [0.1, 0.15) is 42.9 Å². The molecular weight excluding hydrogens is 466 g/mol.